The lowest BCUT2D eigenvalue weighted by molar-refractivity contribution is -0.870. The number of carbonyl (C=O) groups is 3. The molecule has 0 rings (SSSR count). The predicted molar refractivity (Wildman–Crippen MR) is 425 cm³/mol. The number of hydrogen-bond donors (Lipinski definition) is 0. The van der Waals surface area contributed by atoms with Gasteiger partial charge >= 0.3 is 11.9 Å². The van der Waals surface area contributed by atoms with Gasteiger partial charge in [-0.25, -0.2) is 0 Å². The van der Waals surface area contributed by atoms with Gasteiger partial charge in [-0.1, -0.05) is 315 Å². The molecule has 0 spiro atoms. The third-order valence-corrected chi connectivity index (χ3v) is 15.4. The van der Waals surface area contributed by atoms with Crippen LogP contribution in [0.15, 0.2) is 231 Å². The quantitative estimate of drug-likeness (QED) is 0.0195. The summed E-state index contributed by atoms with van der Waals surface area (Å²) in [6.45, 7) is 4.46. The van der Waals surface area contributed by atoms with Gasteiger partial charge in [0, 0.05) is 12.8 Å². The van der Waals surface area contributed by atoms with E-state index in [2.05, 4.69) is 245 Å². The zero-order valence-corrected chi connectivity index (χ0v) is 63.0. The maximum atomic E-state index is 13.0. The number of hydrogen-bond acceptors (Lipinski definition) is 8. The van der Waals surface area contributed by atoms with Gasteiger partial charge in [-0.3, -0.25) is 9.59 Å². The molecule has 0 radical (unpaired) electrons. The molecule has 0 N–H and O–H groups in total. The Kier molecular flexibility index (Phi) is 71.9. The van der Waals surface area contributed by atoms with Crippen LogP contribution in [-0.2, 0) is 33.3 Å². The van der Waals surface area contributed by atoms with E-state index in [1.807, 2.05) is 21.1 Å². The van der Waals surface area contributed by atoms with Crippen molar-refractivity contribution < 1.29 is 42.9 Å². The highest BCUT2D eigenvalue weighted by Gasteiger charge is 2.22. The van der Waals surface area contributed by atoms with Gasteiger partial charge in [-0.2, -0.15) is 0 Å². The molecule has 0 aromatic rings. The Balaban J connectivity index is 4.22. The van der Waals surface area contributed by atoms with Crippen LogP contribution in [0.4, 0.5) is 0 Å². The molecule has 0 aliphatic carbocycles. The van der Waals surface area contributed by atoms with Crippen molar-refractivity contribution >= 4 is 17.9 Å². The molecule has 552 valence electrons. The van der Waals surface area contributed by atoms with Crippen LogP contribution in [0, 0.1) is 0 Å². The first-order valence-corrected chi connectivity index (χ1v) is 38.5. The summed E-state index contributed by atoms with van der Waals surface area (Å²) in [7, 11) is 5.91. The van der Waals surface area contributed by atoms with Crippen molar-refractivity contribution in [1.29, 1.82) is 0 Å². The average Bonchev–Trinajstić information content (AvgIpc) is 2.62. The fourth-order valence-corrected chi connectivity index (χ4v) is 9.62. The molecule has 0 aliphatic rings. The number of quaternary nitrogens is 1. The topological polar surface area (TPSA) is 111 Å². The second-order valence-corrected chi connectivity index (χ2v) is 25.8. The zero-order chi connectivity index (χ0) is 71.8. The molecule has 9 heteroatoms. The largest absolute Gasteiger partial charge is 0.545 e. The van der Waals surface area contributed by atoms with E-state index < -0.39 is 24.3 Å². The summed E-state index contributed by atoms with van der Waals surface area (Å²) in [5, 5.41) is 11.9. The molecule has 0 saturated carbocycles. The van der Waals surface area contributed by atoms with E-state index in [4.69, 9.17) is 18.9 Å². The molecular formula is C90H139NO8. The maximum absolute atomic E-state index is 13.0. The average molecular weight is 1360 g/mol. The van der Waals surface area contributed by atoms with Crippen molar-refractivity contribution in [3.05, 3.63) is 231 Å². The molecule has 2 atom stereocenters. The number of rotatable bonds is 68. The highest BCUT2D eigenvalue weighted by atomic mass is 16.7. The van der Waals surface area contributed by atoms with E-state index >= 15 is 0 Å². The lowest BCUT2D eigenvalue weighted by atomic mass is 10.0. The van der Waals surface area contributed by atoms with E-state index in [0.29, 0.717) is 23.9 Å². The van der Waals surface area contributed by atoms with Crippen LogP contribution in [0.2, 0.25) is 0 Å². The van der Waals surface area contributed by atoms with Gasteiger partial charge in [0.2, 0.25) is 0 Å². The van der Waals surface area contributed by atoms with Gasteiger partial charge in [-0.05, 0) is 161 Å². The van der Waals surface area contributed by atoms with Crippen molar-refractivity contribution in [2.75, 3.05) is 47.5 Å². The van der Waals surface area contributed by atoms with Crippen LogP contribution in [0.5, 0.6) is 0 Å². The third-order valence-electron chi connectivity index (χ3n) is 15.4. The summed E-state index contributed by atoms with van der Waals surface area (Å²) >= 11 is 0. The van der Waals surface area contributed by atoms with Gasteiger partial charge in [0.05, 0.1) is 40.3 Å². The van der Waals surface area contributed by atoms with Gasteiger partial charge < -0.3 is 33.3 Å². The number of allylic oxidation sites excluding steroid dienone is 38. The Morgan fingerprint density at radius 1 is 0.303 bits per heavy atom. The van der Waals surface area contributed by atoms with Gasteiger partial charge in [0.25, 0.3) is 0 Å². The van der Waals surface area contributed by atoms with Crippen LogP contribution < -0.4 is 5.11 Å². The molecule has 0 amide bonds. The Morgan fingerprint density at radius 3 is 0.808 bits per heavy atom. The minimum Gasteiger partial charge on any atom is -0.545 e. The molecule has 0 saturated heterocycles. The van der Waals surface area contributed by atoms with Gasteiger partial charge in [0.1, 0.15) is 13.2 Å². The number of aliphatic carboxylic acids is 1. The first-order valence-electron chi connectivity index (χ1n) is 38.5. The van der Waals surface area contributed by atoms with E-state index in [1.165, 1.54) is 38.5 Å². The summed E-state index contributed by atoms with van der Waals surface area (Å²) < 4.78 is 22.8. The SMILES string of the molecule is CC/C=C\C/C=C\C/C=C\C/C=C\C/C=C\C/C=C\C/C=C\C/C=C\C/C=C\C/C=C\CCCCCCCCCCCCC(=O)OC(COC(=O)CCCCCCC/C=C\C/C=C\C/C=C\C/C=C\C/C=C\C/C=C\C/C=C\C/C=C\C/C=C\CC)COC(OCC[N+](C)(C)C)C(=O)[O-]. The highest BCUT2D eigenvalue weighted by molar-refractivity contribution is 5.70. The Morgan fingerprint density at radius 2 is 0.545 bits per heavy atom. The highest BCUT2D eigenvalue weighted by Crippen LogP contribution is 2.15. The summed E-state index contributed by atoms with van der Waals surface area (Å²) in [5.74, 6) is -2.34. The second-order valence-electron chi connectivity index (χ2n) is 25.8. The predicted octanol–water partition coefficient (Wildman–Crippen LogP) is 23.7. The van der Waals surface area contributed by atoms with Crippen LogP contribution in [-0.4, -0.2) is 82.3 Å². The van der Waals surface area contributed by atoms with Crippen LogP contribution in [0.3, 0.4) is 0 Å². The van der Waals surface area contributed by atoms with Crippen molar-refractivity contribution in [1.82, 2.24) is 0 Å². The summed E-state index contributed by atoms with van der Waals surface area (Å²) in [6, 6.07) is 0. The number of carbonyl (C=O) groups excluding carboxylic acids is 3. The monoisotopic (exact) mass is 1360 g/mol. The molecule has 2 unspecified atom stereocenters. The third kappa shape index (κ3) is 78.6. The number of carboxylic acids is 1. The van der Waals surface area contributed by atoms with Gasteiger partial charge in [0.15, 0.2) is 12.4 Å². The molecule has 0 heterocycles. The van der Waals surface area contributed by atoms with Crippen molar-refractivity contribution in [2.24, 2.45) is 0 Å². The Bertz CT molecular complexity index is 2490. The maximum Gasteiger partial charge on any atom is 0.306 e. The molecule has 9 nitrogen and oxygen atoms in total. The fraction of sp³-hybridized carbons (Fsp3) is 0.544. The number of carboxylic acid groups (broad SMARTS) is 1. The second kappa shape index (κ2) is 77.1. The molecular weight excluding hydrogens is 1220 g/mol. The Labute approximate surface area is 606 Å². The standard InChI is InChI=1S/C90H139NO8/c1-6-8-10-12-14-16-18-20-22-24-26-28-30-32-34-36-38-40-41-42-43-44-45-46-47-49-51-53-55-57-59-61-63-65-67-69-71-73-75-77-79-81-88(93)99-86(85-98-90(89(94)95)96-83-82-91(3,4)5)84-97-87(92)80-78-76-74-72-70-68-66-64-62-60-58-56-54-52-50-48-39-37-35-33-31-29-27-25-23-21-19-17-15-13-11-9-7-2/h8-11,14-17,20-23,26-29,32-35,38-40,42-43,45-46,48-49,51-52,54-55,57-58,60,64,66,86,90H,6-7,12-13,18-19,24-25,30-31,36-37,41,44,47,50,53,56,59,61-63,65,67-85H2,1-5H3/b10-8-,11-9-,16-14-,17-15-,22-20-,23-21-,28-26-,29-27-,34-32-,35-33-,40-38-,43-42-,46-45-,48-39-,51-49-,54-52-,57-55-,60-58-,66-64-. The van der Waals surface area contributed by atoms with Crippen LogP contribution >= 0.6 is 0 Å². The lowest BCUT2D eigenvalue weighted by Gasteiger charge is -2.26. The number of likely N-dealkylation sites (N-methyl/N-ethyl adjacent to an activating group) is 1. The Hall–Kier alpha value is -6.65. The minimum absolute atomic E-state index is 0.131. The zero-order valence-electron chi connectivity index (χ0n) is 63.0. The van der Waals surface area contributed by atoms with Gasteiger partial charge in [-0.15, -0.1) is 0 Å². The number of nitrogens with zero attached hydrogens (tertiary/aromatic N) is 1. The molecule has 0 aromatic heterocycles. The normalized spacial score (nSPS) is 14.0. The number of ether oxygens (including phenoxy) is 4. The lowest BCUT2D eigenvalue weighted by Crippen LogP contribution is -2.44. The smallest absolute Gasteiger partial charge is 0.306 e. The molecule has 0 aromatic carbocycles. The first kappa shape index (κ1) is 92.4. The van der Waals surface area contributed by atoms with Crippen LogP contribution in [0.1, 0.15) is 258 Å². The van der Waals surface area contributed by atoms with Crippen molar-refractivity contribution in [3.8, 4) is 0 Å². The molecule has 0 bridgehead atoms. The molecule has 0 fully saturated rings. The number of esters is 2. The van der Waals surface area contributed by atoms with Crippen molar-refractivity contribution in [2.45, 2.75) is 270 Å². The molecule has 99 heavy (non-hydrogen) atoms. The van der Waals surface area contributed by atoms with E-state index in [0.717, 1.165) is 180 Å². The van der Waals surface area contributed by atoms with Crippen LogP contribution in [0.25, 0.3) is 0 Å². The first-order chi connectivity index (χ1) is 48.6. The number of unbranched alkanes of at least 4 members (excludes halogenated alkanes) is 15. The van der Waals surface area contributed by atoms with E-state index in [1.54, 1.807) is 0 Å². The summed E-state index contributed by atoms with van der Waals surface area (Å²) in [4.78, 5) is 37.6. The summed E-state index contributed by atoms with van der Waals surface area (Å²) in [6.07, 6.45) is 120. The fourth-order valence-electron chi connectivity index (χ4n) is 9.62. The van der Waals surface area contributed by atoms with Crippen molar-refractivity contribution in [3.63, 3.8) is 0 Å². The van der Waals surface area contributed by atoms with E-state index in [9.17, 15) is 19.5 Å². The minimum atomic E-state index is -1.64. The molecule has 0 aliphatic heterocycles. The van der Waals surface area contributed by atoms with E-state index in [-0.39, 0.29) is 38.6 Å². The summed E-state index contributed by atoms with van der Waals surface area (Å²) in [5.41, 5.74) is 0.